The van der Waals surface area contributed by atoms with E-state index >= 15 is 0 Å². The van der Waals surface area contributed by atoms with Crippen LogP contribution in [-0.4, -0.2) is 20.9 Å². The first-order valence-electron chi connectivity index (χ1n) is 3.77. The number of carbonyl (C=O) groups is 1. The van der Waals surface area contributed by atoms with Gasteiger partial charge in [-0.15, -0.1) is 0 Å². The second kappa shape index (κ2) is 3.48. The third-order valence-corrected chi connectivity index (χ3v) is 1.79. The maximum atomic E-state index is 10.1. The predicted molar refractivity (Wildman–Crippen MR) is 50.9 cm³/mol. The summed E-state index contributed by atoms with van der Waals surface area (Å²) in [6, 6.07) is 3.36. The standard InChI is InChI=1S/C9H4ClN3O/c10-8-3-4-9-11-6-7(2-1-5-14)13(9)12-8/h3-6H. The normalized spacial score (nSPS) is 9.50. The molecule has 0 fully saturated rings. The van der Waals surface area contributed by atoms with Crippen LogP contribution in [0.1, 0.15) is 5.69 Å². The van der Waals surface area contributed by atoms with Crippen molar-refractivity contribution in [2.75, 3.05) is 0 Å². The van der Waals surface area contributed by atoms with E-state index in [1.54, 1.807) is 12.1 Å². The van der Waals surface area contributed by atoms with Crippen molar-refractivity contribution in [2.24, 2.45) is 0 Å². The molecule has 0 aromatic carbocycles. The average Bonchev–Trinajstić information content (AvgIpc) is 2.57. The molecular formula is C9H4ClN3O. The van der Waals surface area contributed by atoms with Gasteiger partial charge < -0.3 is 0 Å². The molecule has 0 aliphatic rings. The van der Waals surface area contributed by atoms with Crippen LogP contribution in [0.3, 0.4) is 0 Å². The van der Waals surface area contributed by atoms with E-state index in [4.69, 9.17) is 11.6 Å². The number of nitrogens with zero attached hydrogens (tertiary/aromatic N) is 3. The summed E-state index contributed by atoms with van der Waals surface area (Å²) in [4.78, 5) is 14.1. The molecule has 2 heterocycles. The molecule has 14 heavy (non-hydrogen) atoms. The Morgan fingerprint density at radius 1 is 1.50 bits per heavy atom. The smallest absolute Gasteiger partial charge is 0.193 e. The predicted octanol–water partition coefficient (Wildman–Crippen LogP) is 0.933. The van der Waals surface area contributed by atoms with Crippen molar-refractivity contribution in [1.29, 1.82) is 0 Å². The van der Waals surface area contributed by atoms with E-state index in [0.29, 0.717) is 22.8 Å². The van der Waals surface area contributed by atoms with Crippen LogP contribution in [0.2, 0.25) is 5.15 Å². The maximum Gasteiger partial charge on any atom is 0.193 e. The van der Waals surface area contributed by atoms with Crippen LogP contribution in [0.15, 0.2) is 18.3 Å². The number of fused-ring (bicyclic) bond motifs is 1. The zero-order chi connectivity index (χ0) is 9.97. The van der Waals surface area contributed by atoms with E-state index in [1.165, 1.54) is 10.7 Å². The molecule has 2 rings (SSSR count). The van der Waals surface area contributed by atoms with E-state index in [-0.39, 0.29) is 0 Å². The van der Waals surface area contributed by atoms with Crippen molar-refractivity contribution in [3.8, 4) is 11.8 Å². The largest absolute Gasteiger partial charge is 0.289 e. The number of aldehydes is 1. The molecule has 4 nitrogen and oxygen atoms in total. The van der Waals surface area contributed by atoms with Crippen molar-refractivity contribution < 1.29 is 4.79 Å². The second-order valence-corrected chi connectivity index (χ2v) is 2.84. The first-order chi connectivity index (χ1) is 6.81. The minimum absolute atomic E-state index is 0.352. The van der Waals surface area contributed by atoms with Crippen molar-refractivity contribution in [1.82, 2.24) is 14.6 Å². The summed E-state index contributed by atoms with van der Waals surface area (Å²) in [5.41, 5.74) is 1.18. The molecule has 0 bridgehead atoms. The van der Waals surface area contributed by atoms with Gasteiger partial charge in [-0.3, -0.25) is 4.79 Å². The van der Waals surface area contributed by atoms with Gasteiger partial charge >= 0.3 is 0 Å². The minimum atomic E-state index is 0.352. The lowest BCUT2D eigenvalue weighted by atomic mass is 10.5. The number of aromatic nitrogens is 3. The summed E-state index contributed by atoms with van der Waals surface area (Å²) < 4.78 is 1.48. The zero-order valence-corrected chi connectivity index (χ0v) is 7.69. The van der Waals surface area contributed by atoms with Gasteiger partial charge in [-0.1, -0.05) is 11.6 Å². The Hall–Kier alpha value is -1.86. The summed E-state index contributed by atoms with van der Waals surface area (Å²) in [5.74, 6) is 4.89. The summed E-state index contributed by atoms with van der Waals surface area (Å²) in [6.45, 7) is 0. The minimum Gasteiger partial charge on any atom is -0.289 e. The highest BCUT2D eigenvalue weighted by Gasteiger charge is 2.01. The highest BCUT2D eigenvalue weighted by molar-refractivity contribution is 6.29. The molecule has 0 saturated carbocycles. The lowest BCUT2D eigenvalue weighted by Crippen LogP contribution is -1.93. The molecule has 0 radical (unpaired) electrons. The SMILES string of the molecule is O=CC#Cc1cnc2ccc(Cl)nn12. The van der Waals surface area contributed by atoms with Gasteiger partial charge in [0, 0.05) is 0 Å². The van der Waals surface area contributed by atoms with Gasteiger partial charge in [0.25, 0.3) is 0 Å². The van der Waals surface area contributed by atoms with Gasteiger partial charge in [0.15, 0.2) is 11.9 Å². The van der Waals surface area contributed by atoms with Crippen LogP contribution in [0, 0.1) is 11.8 Å². The molecule has 0 N–H and O–H groups in total. The second-order valence-electron chi connectivity index (χ2n) is 2.46. The van der Waals surface area contributed by atoms with Crippen LogP contribution < -0.4 is 0 Å². The number of carbonyl (C=O) groups excluding carboxylic acids is 1. The molecule has 2 aromatic rings. The highest BCUT2D eigenvalue weighted by atomic mass is 35.5. The number of rotatable bonds is 0. The molecule has 0 amide bonds. The van der Waals surface area contributed by atoms with Crippen LogP contribution in [-0.2, 0) is 4.79 Å². The molecule has 0 atom stereocenters. The Morgan fingerprint density at radius 2 is 2.36 bits per heavy atom. The van der Waals surface area contributed by atoms with E-state index in [0.717, 1.165) is 0 Å². The van der Waals surface area contributed by atoms with Crippen LogP contribution in [0.5, 0.6) is 0 Å². The maximum absolute atomic E-state index is 10.1. The zero-order valence-electron chi connectivity index (χ0n) is 6.94. The first kappa shape index (κ1) is 8.73. The fourth-order valence-corrected chi connectivity index (χ4v) is 1.18. The van der Waals surface area contributed by atoms with Crippen molar-refractivity contribution in [3.05, 3.63) is 29.2 Å². The van der Waals surface area contributed by atoms with E-state index in [2.05, 4.69) is 21.9 Å². The first-order valence-corrected chi connectivity index (χ1v) is 4.14. The Labute approximate surface area is 84.5 Å². The molecule has 68 valence electrons. The lowest BCUT2D eigenvalue weighted by Gasteiger charge is -1.93. The monoisotopic (exact) mass is 205 g/mol. The average molecular weight is 206 g/mol. The van der Waals surface area contributed by atoms with E-state index < -0.39 is 0 Å². The number of halogens is 1. The molecule has 0 saturated heterocycles. The Balaban J connectivity index is 2.66. The fourth-order valence-electron chi connectivity index (χ4n) is 1.04. The molecule has 0 aliphatic heterocycles. The van der Waals surface area contributed by atoms with Gasteiger partial charge in [0.05, 0.1) is 6.20 Å². The van der Waals surface area contributed by atoms with Crippen molar-refractivity contribution in [2.45, 2.75) is 0 Å². The molecule has 5 heteroatoms. The van der Waals surface area contributed by atoms with Crippen LogP contribution in [0.4, 0.5) is 0 Å². The van der Waals surface area contributed by atoms with Gasteiger partial charge in [-0.2, -0.15) is 5.10 Å². The quantitative estimate of drug-likeness (QED) is 0.475. The van der Waals surface area contributed by atoms with Crippen molar-refractivity contribution >= 4 is 23.5 Å². The fraction of sp³-hybridized carbons (Fsp3) is 0. The van der Waals surface area contributed by atoms with E-state index in [1.807, 2.05) is 0 Å². The summed E-state index contributed by atoms with van der Waals surface area (Å²) in [6.07, 6.45) is 2.05. The summed E-state index contributed by atoms with van der Waals surface area (Å²) in [7, 11) is 0. The van der Waals surface area contributed by atoms with Gasteiger partial charge in [-0.25, -0.2) is 9.50 Å². The third kappa shape index (κ3) is 1.45. The lowest BCUT2D eigenvalue weighted by molar-refractivity contribution is -0.103. The Morgan fingerprint density at radius 3 is 3.14 bits per heavy atom. The Kier molecular flexibility index (Phi) is 2.17. The molecule has 0 unspecified atom stereocenters. The summed E-state index contributed by atoms with van der Waals surface area (Å²) in [5, 5.41) is 4.34. The summed E-state index contributed by atoms with van der Waals surface area (Å²) >= 11 is 5.70. The number of hydrogen-bond donors (Lipinski definition) is 0. The molecule has 2 aromatic heterocycles. The topological polar surface area (TPSA) is 47.3 Å². The van der Waals surface area contributed by atoms with E-state index in [9.17, 15) is 4.79 Å². The van der Waals surface area contributed by atoms with Crippen LogP contribution in [0.25, 0.3) is 5.65 Å². The number of imidazole rings is 1. The third-order valence-electron chi connectivity index (χ3n) is 1.59. The van der Waals surface area contributed by atoms with Crippen molar-refractivity contribution in [3.63, 3.8) is 0 Å². The van der Waals surface area contributed by atoms with Gasteiger partial charge in [0.2, 0.25) is 0 Å². The van der Waals surface area contributed by atoms with Gasteiger partial charge in [0.1, 0.15) is 10.8 Å². The van der Waals surface area contributed by atoms with Crippen LogP contribution >= 0.6 is 11.6 Å². The Bertz CT molecular complexity index is 550. The highest BCUT2D eigenvalue weighted by Crippen LogP contribution is 2.08. The van der Waals surface area contributed by atoms with Gasteiger partial charge in [-0.05, 0) is 24.0 Å². The number of hydrogen-bond acceptors (Lipinski definition) is 3. The molecular weight excluding hydrogens is 202 g/mol. The molecule has 0 aliphatic carbocycles. The molecule has 0 spiro atoms.